The summed E-state index contributed by atoms with van der Waals surface area (Å²) in [4.78, 5) is 26.4. The van der Waals surface area contributed by atoms with Crippen LogP contribution in [0.15, 0.2) is 59.2 Å². The molecular formula is C16H9IN2O4. The molecule has 2 aromatic carbocycles. The lowest BCUT2D eigenvalue weighted by molar-refractivity contribution is -0.384. The molecule has 0 unspecified atom stereocenters. The highest BCUT2D eigenvalue weighted by Gasteiger charge is 2.24. The van der Waals surface area contributed by atoms with E-state index >= 15 is 0 Å². The van der Waals surface area contributed by atoms with Crippen LogP contribution in [0.25, 0.3) is 6.08 Å². The van der Waals surface area contributed by atoms with Gasteiger partial charge in [-0.25, -0.2) is 9.79 Å². The maximum Gasteiger partial charge on any atom is 0.363 e. The molecule has 0 radical (unpaired) electrons. The maximum atomic E-state index is 11.9. The lowest BCUT2D eigenvalue weighted by Gasteiger charge is -1.99. The van der Waals surface area contributed by atoms with Crippen LogP contribution in [0.2, 0.25) is 0 Å². The normalized spacial score (nSPS) is 15.4. The number of non-ortho nitro benzene ring substituents is 1. The van der Waals surface area contributed by atoms with E-state index in [-0.39, 0.29) is 17.3 Å². The Balaban J connectivity index is 1.95. The number of carbonyl (C=O) groups is 1. The Hall–Kier alpha value is -2.55. The van der Waals surface area contributed by atoms with Crippen molar-refractivity contribution in [3.8, 4) is 0 Å². The summed E-state index contributed by atoms with van der Waals surface area (Å²) in [6.45, 7) is 0. The van der Waals surface area contributed by atoms with Gasteiger partial charge in [0.15, 0.2) is 5.70 Å². The number of carbonyl (C=O) groups excluding carboxylic acids is 1. The lowest BCUT2D eigenvalue weighted by Crippen LogP contribution is -2.05. The number of nitrogens with zero attached hydrogens (tertiary/aromatic N) is 2. The second-order valence-electron chi connectivity index (χ2n) is 4.70. The molecule has 0 saturated heterocycles. The monoisotopic (exact) mass is 420 g/mol. The Morgan fingerprint density at radius 1 is 1.17 bits per heavy atom. The van der Waals surface area contributed by atoms with Crippen molar-refractivity contribution in [3.63, 3.8) is 0 Å². The molecule has 0 bridgehead atoms. The van der Waals surface area contributed by atoms with Gasteiger partial charge >= 0.3 is 5.97 Å². The Labute approximate surface area is 144 Å². The molecular weight excluding hydrogens is 411 g/mol. The van der Waals surface area contributed by atoms with E-state index < -0.39 is 10.9 Å². The Kier molecular flexibility index (Phi) is 4.20. The van der Waals surface area contributed by atoms with Gasteiger partial charge in [0.1, 0.15) is 0 Å². The van der Waals surface area contributed by atoms with Crippen molar-refractivity contribution < 1.29 is 14.5 Å². The zero-order chi connectivity index (χ0) is 16.4. The molecule has 0 saturated carbocycles. The summed E-state index contributed by atoms with van der Waals surface area (Å²) in [7, 11) is 0. The molecule has 0 aromatic heterocycles. The molecule has 7 heteroatoms. The molecule has 1 heterocycles. The average Bonchev–Trinajstić information content (AvgIpc) is 2.89. The van der Waals surface area contributed by atoms with Crippen LogP contribution in [0.1, 0.15) is 11.1 Å². The summed E-state index contributed by atoms with van der Waals surface area (Å²) < 4.78 is 6.17. The van der Waals surface area contributed by atoms with E-state index in [0.717, 1.165) is 3.57 Å². The third-order valence-electron chi connectivity index (χ3n) is 3.08. The quantitative estimate of drug-likeness (QED) is 0.250. The zero-order valence-electron chi connectivity index (χ0n) is 11.6. The van der Waals surface area contributed by atoms with Crippen LogP contribution in [-0.2, 0) is 9.53 Å². The van der Waals surface area contributed by atoms with Gasteiger partial charge in [-0.3, -0.25) is 10.1 Å². The molecule has 3 rings (SSSR count). The molecule has 0 atom stereocenters. The number of benzene rings is 2. The fraction of sp³-hybridized carbons (Fsp3) is 0. The fourth-order valence-corrected chi connectivity index (χ4v) is 2.58. The minimum atomic E-state index is -0.578. The first-order chi connectivity index (χ1) is 11.0. The van der Waals surface area contributed by atoms with E-state index in [1.807, 2.05) is 18.2 Å². The molecule has 0 spiro atoms. The number of esters is 1. The van der Waals surface area contributed by atoms with E-state index in [9.17, 15) is 14.9 Å². The lowest BCUT2D eigenvalue weighted by atomic mass is 10.1. The molecule has 0 fully saturated rings. The van der Waals surface area contributed by atoms with E-state index in [1.165, 1.54) is 18.2 Å². The van der Waals surface area contributed by atoms with Crippen molar-refractivity contribution in [1.29, 1.82) is 0 Å². The SMILES string of the molecule is O=C1OC(c2cccc(I)c2)=NC1=Cc1cccc([N+](=O)[O-])c1. The number of nitro groups is 1. The Morgan fingerprint density at radius 3 is 2.70 bits per heavy atom. The highest BCUT2D eigenvalue weighted by Crippen LogP contribution is 2.21. The Bertz CT molecular complexity index is 874. The van der Waals surface area contributed by atoms with Crippen molar-refractivity contribution >= 4 is 46.2 Å². The smallest absolute Gasteiger partial charge is 0.363 e. The number of rotatable bonds is 3. The molecule has 0 N–H and O–H groups in total. The van der Waals surface area contributed by atoms with Crippen molar-refractivity contribution in [2.24, 2.45) is 4.99 Å². The second kappa shape index (κ2) is 6.29. The van der Waals surface area contributed by atoms with E-state index in [0.29, 0.717) is 11.1 Å². The van der Waals surface area contributed by atoms with Crippen LogP contribution >= 0.6 is 22.6 Å². The van der Waals surface area contributed by atoms with E-state index in [1.54, 1.807) is 18.2 Å². The molecule has 23 heavy (non-hydrogen) atoms. The van der Waals surface area contributed by atoms with Gasteiger partial charge in [-0.15, -0.1) is 0 Å². The van der Waals surface area contributed by atoms with Crippen LogP contribution in [0.4, 0.5) is 5.69 Å². The predicted molar refractivity (Wildman–Crippen MR) is 92.9 cm³/mol. The summed E-state index contributed by atoms with van der Waals surface area (Å²) >= 11 is 2.16. The van der Waals surface area contributed by atoms with Gasteiger partial charge in [-0.05, 0) is 52.4 Å². The van der Waals surface area contributed by atoms with Crippen molar-refractivity contribution in [2.45, 2.75) is 0 Å². The largest absolute Gasteiger partial charge is 0.402 e. The zero-order valence-corrected chi connectivity index (χ0v) is 13.8. The Morgan fingerprint density at radius 2 is 1.96 bits per heavy atom. The first kappa shape index (κ1) is 15.3. The highest BCUT2D eigenvalue weighted by atomic mass is 127. The van der Waals surface area contributed by atoms with Gasteiger partial charge in [0, 0.05) is 21.3 Å². The highest BCUT2D eigenvalue weighted by molar-refractivity contribution is 14.1. The van der Waals surface area contributed by atoms with E-state index in [4.69, 9.17) is 4.74 Å². The van der Waals surface area contributed by atoms with Crippen LogP contribution < -0.4 is 0 Å². The number of cyclic esters (lactones) is 1. The summed E-state index contributed by atoms with van der Waals surface area (Å²) in [5.74, 6) is -0.351. The first-order valence-corrected chi connectivity index (χ1v) is 7.64. The average molecular weight is 420 g/mol. The minimum Gasteiger partial charge on any atom is -0.402 e. The maximum absolute atomic E-state index is 11.9. The molecule has 1 aliphatic rings. The van der Waals surface area contributed by atoms with Crippen molar-refractivity contribution in [3.05, 3.63) is 79.0 Å². The number of ether oxygens (including phenoxy) is 1. The van der Waals surface area contributed by atoms with Crippen molar-refractivity contribution in [1.82, 2.24) is 0 Å². The van der Waals surface area contributed by atoms with Crippen LogP contribution in [-0.4, -0.2) is 16.8 Å². The second-order valence-corrected chi connectivity index (χ2v) is 5.94. The van der Waals surface area contributed by atoms with Gasteiger partial charge in [-0.1, -0.05) is 18.2 Å². The van der Waals surface area contributed by atoms with Crippen molar-refractivity contribution in [2.75, 3.05) is 0 Å². The number of hydrogen-bond donors (Lipinski definition) is 0. The summed E-state index contributed by atoms with van der Waals surface area (Å²) in [5.41, 5.74) is 1.28. The topological polar surface area (TPSA) is 81.8 Å². The van der Waals surface area contributed by atoms with Crippen LogP contribution in [0.5, 0.6) is 0 Å². The van der Waals surface area contributed by atoms with Gasteiger partial charge in [0.2, 0.25) is 5.90 Å². The van der Waals surface area contributed by atoms with Crippen LogP contribution in [0, 0.1) is 13.7 Å². The van der Waals surface area contributed by atoms with Gasteiger partial charge < -0.3 is 4.74 Å². The predicted octanol–water partition coefficient (Wildman–Crippen LogP) is 3.54. The fourth-order valence-electron chi connectivity index (χ4n) is 2.04. The van der Waals surface area contributed by atoms with Crippen LogP contribution in [0.3, 0.4) is 0 Å². The summed E-state index contributed by atoms with van der Waals surface area (Å²) in [6, 6.07) is 13.4. The number of halogens is 1. The first-order valence-electron chi connectivity index (χ1n) is 6.56. The molecule has 6 nitrogen and oxygen atoms in total. The summed E-state index contributed by atoms with van der Waals surface area (Å²) in [6.07, 6.45) is 1.47. The van der Waals surface area contributed by atoms with Gasteiger partial charge in [0.05, 0.1) is 4.92 Å². The number of hydrogen-bond acceptors (Lipinski definition) is 5. The molecule has 2 aromatic rings. The standard InChI is InChI=1S/C16H9IN2O4/c17-12-5-2-4-11(9-12)15-18-14(16(20)23-15)8-10-3-1-6-13(7-10)19(21)22/h1-9H. The van der Waals surface area contributed by atoms with Gasteiger partial charge in [-0.2, -0.15) is 0 Å². The summed E-state index contributed by atoms with van der Waals surface area (Å²) in [5, 5.41) is 10.8. The minimum absolute atomic E-state index is 0.0486. The van der Waals surface area contributed by atoms with E-state index in [2.05, 4.69) is 27.6 Å². The molecule has 1 aliphatic heterocycles. The molecule has 114 valence electrons. The third-order valence-corrected chi connectivity index (χ3v) is 3.75. The molecule has 0 amide bonds. The number of nitro benzene ring substituents is 1. The van der Waals surface area contributed by atoms with Gasteiger partial charge in [0.25, 0.3) is 5.69 Å². The molecule has 0 aliphatic carbocycles. The third kappa shape index (κ3) is 3.45. The number of aliphatic imine (C=N–C) groups is 1.